The number of hydrogen-bond acceptors (Lipinski definition) is 5. The van der Waals surface area contributed by atoms with Crippen molar-refractivity contribution < 1.29 is 19.6 Å². The van der Waals surface area contributed by atoms with Crippen molar-refractivity contribution in [3.8, 4) is 0 Å². The van der Waals surface area contributed by atoms with Gasteiger partial charge in [-0.25, -0.2) is 4.79 Å². The van der Waals surface area contributed by atoms with E-state index >= 15 is 0 Å². The molecule has 2 atom stereocenters. The van der Waals surface area contributed by atoms with Crippen molar-refractivity contribution in [2.75, 3.05) is 13.7 Å². The largest absolute Gasteiger partial charge is 0.467 e. The minimum Gasteiger partial charge on any atom is -0.467 e. The highest BCUT2D eigenvalue weighted by Crippen LogP contribution is 2.29. The summed E-state index contributed by atoms with van der Waals surface area (Å²) < 4.78 is 4.49. The summed E-state index contributed by atoms with van der Waals surface area (Å²) in [7, 11) is 1.13. The Labute approximate surface area is 104 Å². The molecule has 0 heterocycles. The molecule has 0 aromatic heterocycles. The number of aliphatic hydroxyl groups is 1. The molecule has 0 amide bonds. The van der Waals surface area contributed by atoms with E-state index in [1.165, 1.54) is 6.92 Å². The minimum absolute atomic E-state index is 0.518. The zero-order valence-corrected chi connectivity index (χ0v) is 10.2. The van der Waals surface area contributed by atoms with Gasteiger partial charge in [0.25, 0.3) is 0 Å². The molecule has 0 radical (unpaired) electrons. The predicted octanol–water partition coefficient (Wildman–Crippen LogP) is 0.971. The molecule has 6 heteroatoms. The molecule has 0 spiro atoms. The van der Waals surface area contributed by atoms with Gasteiger partial charge in [-0.1, -0.05) is 30.3 Å². The highest BCUT2D eigenvalue weighted by molar-refractivity contribution is 5.80. The molecule has 18 heavy (non-hydrogen) atoms. The number of ether oxygens (including phenoxy) is 1. The number of nitro groups is 1. The lowest BCUT2D eigenvalue weighted by molar-refractivity contribution is -0.486. The average molecular weight is 253 g/mol. The summed E-state index contributed by atoms with van der Waals surface area (Å²) >= 11 is 0. The van der Waals surface area contributed by atoms with E-state index in [4.69, 9.17) is 0 Å². The Morgan fingerprint density at radius 1 is 1.50 bits per heavy atom. The molecular weight excluding hydrogens is 238 g/mol. The molecule has 0 bridgehead atoms. The fourth-order valence-electron chi connectivity index (χ4n) is 1.79. The van der Waals surface area contributed by atoms with E-state index in [1.54, 1.807) is 30.3 Å². The summed E-state index contributed by atoms with van der Waals surface area (Å²) in [6.07, 6.45) is 0. The molecule has 0 aliphatic carbocycles. The van der Waals surface area contributed by atoms with Gasteiger partial charge in [0.15, 0.2) is 5.60 Å². The van der Waals surface area contributed by atoms with Gasteiger partial charge in [-0.05, 0) is 12.5 Å². The van der Waals surface area contributed by atoms with Gasteiger partial charge in [-0.15, -0.1) is 0 Å². The van der Waals surface area contributed by atoms with Gasteiger partial charge in [0, 0.05) is 4.92 Å². The molecule has 1 aromatic rings. The number of nitrogens with zero attached hydrogens (tertiary/aromatic N) is 1. The van der Waals surface area contributed by atoms with Crippen LogP contribution in [0.5, 0.6) is 0 Å². The lowest BCUT2D eigenvalue weighted by atomic mass is 9.83. The summed E-state index contributed by atoms with van der Waals surface area (Å²) in [6, 6.07) is 8.39. The van der Waals surface area contributed by atoms with Gasteiger partial charge in [-0.3, -0.25) is 10.1 Å². The van der Waals surface area contributed by atoms with E-state index in [0.717, 1.165) is 7.11 Å². The summed E-state index contributed by atoms with van der Waals surface area (Å²) in [5.41, 5.74) is -1.42. The normalized spacial score (nSPS) is 15.5. The lowest BCUT2D eigenvalue weighted by Gasteiger charge is -2.27. The molecule has 98 valence electrons. The molecule has 0 aliphatic heterocycles. The third kappa shape index (κ3) is 3.04. The molecule has 6 nitrogen and oxygen atoms in total. The second-order valence-corrected chi connectivity index (χ2v) is 4.12. The molecule has 1 aromatic carbocycles. The van der Waals surface area contributed by atoms with Crippen LogP contribution in [0.15, 0.2) is 30.3 Å². The number of carbonyl (C=O) groups excluding carboxylic acids is 1. The van der Waals surface area contributed by atoms with E-state index in [-0.39, 0.29) is 0 Å². The molecule has 0 aliphatic rings. The SMILES string of the molecule is COC(=O)[C@@](C)(O)[C@H](C[N+](=O)[O-])c1ccccc1. The van der Waals surface area contributed by atoms with Crippen molar-refractivity contribution in [1.82, 2.24) is 0 Å². The smallest absolute Gasteiger partial charge is 0.338 e. The van der Waals surface area contributed by atoms with Crippen LogP contribution < -0.4 is 0 Å². The predicted molar refractivity (Wildman–Crippen MR) is 63.7 cm³/mol. The third-order valence-electron chi connectivity index (χ3n) is 2.81. The van der Waals surface area contributed by atoms with Crippen molar-refractivity contribution in [3.63, 3.8) is 0 Å². The average Bonchev–Trinajstić information content (AvgIpc) is 2.35. The van der Waals surface area contributed by atoms with E-state index in [1.807, 2.05) is 0 Å². The zero-order valence-electron chi connectivity index (χ0n) is 10.2. The Morgan fingerprint density at radius 2 is 2.06 bits per heavy atom. The first-order chi connectivity index (χ1) is 8.39. The van der Waals surface area contributed by atoms with Crippen LogP contribution in [0.4, 0.5) is 0 Å². The number of methoxy groups -OCH3 is 1. The first-order valence-corrected chi connectivity index (χ1v) is 5.37. The standard InChI is InChI=1S/C12H15NO5/c1-12(15,11(14)18-2)10(8-13(16)17)9-6-4-3-5-7-9/h3-7,10,15H,8H2,1-2H3/t10-,12+/m1/s1. The molecular formula is C12H15NO5. The molecule has 1 rings (SSSR count). The maximum absolute atomic E-state index is 11.5. The fraction of sp³-hybridized carbons (Fsp3) is 0.417. The Hall–Kier alpha value is -1.95. The monoisotopic (exact) mass is 253 g/mol. The van der Waals surface area contributed by atoms with Crippen molar-refractivity contribution >= 4 is 5.97 Å². The van der Waals surface area contributed by atoms with Crippen LogP contribution in [-0.2, 0) is 9.53 Å². The van der Waals surface area contributed by atoms with Crippen LogP contribution in [0.1, 0.15) is 18.4 Å². The fourth-order valence-corrected chi connectivity index (χ4v) is 1.79. The van der Waals surface area contributed by atoms with Gasteiger partial charge in [0.2, 0.25) is 6.54 Å². The van der Waals surface area contributed by atoms with Crippen molar-refractivity contribution in [2.45, 2.75) is 18.4 Å². The van der Waals surface area contributed by atoms with E-state index in [0.29, 0.717) is 5.56 Å². The highest BCUT2D eigenvalue weighted by Gasteiger charge is 2.44. The highest BCUT2D eigenvalue weighted by atomic mass is 16.6. The van der Waals surface area contributed by atoms with Gasteiger partial charge in [-0.2, -0.15) is 0 Å². The van der Waals surface area contributed by atoms with E-state index < -0.39 is 29.0 Å². The van der Waals surface area contributed by atoms with E-state index in [2.05, 4.69) is 4.74 Å². The van der Waals surface area contributed by atoms with Crippen molar-refractivity contribution in [1.29, 1.82) is 0 Å². The maximum Gasteiger partial charge on any atom is 0.338 e. The summed E-state index contributed by atoms with van der Waals surface area (Å²) in [6.45, 7) is 0.673. The maximum atomic E-state index is 11.5. The minimum atomic E-state index is -1.94. The summed E-state index contributed by atoms with van der Waals surface area (Å²) in [4.78, 5) is 21.7. The second kappa shape index (κ2) is 5.59. The third-order valence-corrected chi connectivity index (χ3v) is 2.81. The van der Waals surface area contributed by atoms with Crippen LogP contribution >= 0.6 is 0 Å². The number of esters is 1. The second-order valence-electron chi connectivity index (χ2n) is 4.12. The molecule has 0 saturated carbocycles. The molecule has 0 unspecified atom stereocenters. The molecule has 1 N–H and O–H groups in total. The van der Waals surface area contributed by atoms with Gasteiger partial charge in [0.1, 0.15) is 0 Å². The number of rotatable bonds is 5. The summed E-state index contributed by atoms with van der Waals surface area (Å²) in [5, 5.41) is 20.8. The number of carbonyl (C=O) groups is 1. The lowest BCUT2D eigenvalue weighted by Crippen LogP contribution is -2.45. The quantitative estimate of drug-likeness (QED) is 0.479. The topological polar surface area (TPSA) is 89.7 Å². The molecule has 0 saturated heterocycles. The van der Waals surface area contributed by atoms with Crippen LogP contribution in [0.2, 0.25) is 0 Å². The first-order valence-electron chi connectivity index (χ1n) is 5.37. The Balaban J connectivity index is 3.13. The van der Waals surface area contributed by atoms with Gasteiger partial charge in [0.05, 0.1) is 13.0 Å². The van der Waals surface area contributed by atoms with Crippen molar-refractivity contribution in [3.05, 3.63) is 46.0 Å². The van der Waals surface area contributed by atoms with Gasteiger partial charge < -0.3 is 9.84 Å². The van der Waals surface area contributed by atoms with Gasteiger partial charge >= 0.3 is 5.97 Å². The Kier molecular flexibility index (Phi) is 4.38. The number of benzene rings is 1. The van der Waals surface area contributed by atoms with Crippen LogP contribution in [0.25, 0.3) is 0 Å². The van der Waals surface area contributed by atoms with Crippen LogP contribution in [0, 0.1) is 10.1 Å². The van der Waals surface area contributed by atoms with E-state index in [9.17, 15) is 20.0 Å². The zero-order chi connectivity index (χ0) is 13.8. The number of hydrogen-bond donors (Lipinski definition) is 1. The summed E-state index contributed by atoms with van der Waals surface area (Å²) in [5.74, 6) is -1.85. The Bertz CT molecular complexity index is 429. The van der Waals surface area contributed by atoms with Crippen LogP contribution in [-0.4, -0.2) is 35.3 Å². The molecule has 0 fully saturated rings. The first kappa shape index (κ1) is 14.1. The van der Waals surface area contributed by atoms with Crippen LogP contribution in [0.3, 0.4) is 0 Å². The Morgan fingerprint density at radius 3 is 2.50 bits per heavy atom. The van der Waals surface area contributed by atoms with Crippen molar-refractivity contribution in [2.24, 2.45) is 0 Å².